The first-order valence-electron chi connectivity index (χ1n) is 11.6. The van der Waals surface area contributed by atoms with Crippen LogP contribution in [0.1, 0.15) is 52.8 Å². The zero-order chi connectivity index (χ0) is 23.8. The van der Waals surface area contributed by atoms with E-state index in [1.165, 1.54) is 44.5 Å². The Labute approximate surface area is 203 Å². The van der Waals surface area contributed by atoms with Crippen molar-refractivity contribution in [2.45, 2.75) is 13.8 Å². The van der Waals surface area contributed by atoms with Crippen molar-refractivity contribution in [3.8, 4) is 0 Å². The van der Waals surface area contributed by atoms with Gasteiger partial charge in [0.05, 0.1) is 0 Å². The van der Waals surface area contributed by atoms with Crippen molar-refractivity contribution in [2.24, 2.45) is 0 Å². The van der Waals surface area contributed by atoms with E-state index in [0.717, 1.165) is 5.56 Å². The lowest BCUT2D eigenvalue weighted by atomic mass is 10.0. The van der Waals surface area contributed by atoms with Gasteiger partial charge in [0.25, 0.3) is 0 Å². The first-order chi connectivity index (χ1) is 16.6. The molecule has 0 nitrogen and oxygen atoms in total. The summed E-state index contributed by atoms with van der Waals surface area (Å²) >= 11 is 0. The molecule has 0 bridgehead atoms. The van der Waals surface area contributed by atoms with Crippen LogP contribution in [0.5, 0.6) is 0 Å². The molecule has 166 valence electrons. The summed E-state index contributed by atoms with van der Waals surface area (Å²) in [6.45, 7) is 8.14. The first kappa shape index (κ1) is 23.0. The van der Waals surface area contributed by atoms with Gasteiger partial charge in [-0.25, -0.2) is 0 Å². The third kappa shape index (κ3) is 6.21. The van der Waals surface area contributed by atoms with Gasteiger partial charge in [-0.15, -0.1) is 0 Å². The van der Waals surface area contributed by atoms with Gasteiger partial charge < -0.3 is 0 Å². The van der Waals surface area contributed by atoms with E-state index >= 15 is 0 Å². The Kier molecular flexibility index (Phi) is 7.53. The van der Waals surface area contributed by atoms with E-state index in [9.17, 15) is 0 Å². The standard InChI is InChI=1S/C34H30/c1-4-28-16-20-33(21-17-28)26(2)24-31-12-14-32(15-13-31)25-27(3)34-22-18-30(19-23-34)11-10-29-8-6-5-7-9-29/h4-25H,1H2,2-3H3. The van der Waals surface area contributed by atoms with Crippen LogP contribution in [0, 0.1) is 0 Å². The van der Waals surface area contributed by atoms with Gasteiger partial charge in [-0.05, 0) is 63.9 Å². The van der Waals surface area contributed by atoms with E-state index in [4.69, 9.17) is 0 Å². The average Bonchev–Trinajstić information content (AvgIpc) is 2.89. The lowest BCUT2D eigenvalue weighted by Crippen LogP contribution is -1.83. The second-order valence-electron chi connectivity index (χ2n) is 8.51. The van der Waals surface area contributed by atoms with Crippen LogP contribution in [0.2, 0.25) is 0 Å². The zero-order valence-electron chi connectivity index (χ0n) is 19.9. The van der Waals surface area contributed by atoms with Crippen LogP contribution in [-0.2, 0) is 0 Å². The molecule has 4 aromatic carbocycles. The van der Waals surface area contributed by atoms with Crippen LogP contribution in [0.3, 0.4) is 0 Å². The quantitative estimate of drug-likeness (QED) is 0.252. The molecule has 0 radical (unpaired) electrons. The van der Waals surface area contributed by atoms with E-state index in [1.807, 2.05) is 12.1 Å². The van der Waals surface area contributed by atoms with Crippen molar-refractivity contribution in [1.82, 2.24) is 0 Å². The van der Waals surface area contributed by atoms with Gasteiger partial charge in [0.2, 0.25) is 0 Å². The van der Waals surface area contributed by atoms with Crippen LogP contribution in [0.25, 0.3) is 41.5 Å². The molecule has 0 unspecified atom stereocenters. The lowest BCUT2D eigenvalue weighted by Gasteiger charge is -2.05. The summed E-state index contributed by atoms with van der Waals surface area (Å²) in [7, 11) is 0. The van der Waals surface area contributed by atoms with Crippen LogP contribution >= 0.6 is 0 Å². The molecule has 0 heterocycles. The molecule has 0 aliphatic rings. The van der Waals surface area contributed by atoms with E-state index in [-0.39, 0.29) is 0 Å². The lowest BCUT2D eigenvalue weighted by molar-refractivity contribution is 1.54. The second kappa shape index (κ2) is 11.1. The van der Waals surface area contributed by atoms with E-state index in [2.05, 4.69) is 142 Å². The molecule has 0 saturated carbocycles. The molecule has 0 aliphatic carbocycles. The Bertz CT molecular complexity index is 1310. The summed E-state index contributed by atoms with van der Waals surface area (Å²) in [6.07, 6.45) is 10.6. The predicted octanol–water partition coefficient (Wildman–Crippen LogP) is 9.62. The van der Waals surface area contributed by atoms with E-state index < -0.39 is 0 Å². The van der Waals surface area contributed by atoms with Gasteiger partial charge in [-0.1, -0.05) is 140 Å². The minimum Gasteiger partial charge on any atom is -0.0985 e. The van der Waals surface area contributed by atoms with Crippen LogP contribution in [0.15, 0.2) is 110 Å². The summed E-state index contributed by atoms with van der Waals surface area (Å²) in [4.78, 5) is 0. The summed E-state index contributed by atoms with van der Waals surface area (Å²) in [5.41, 5.74) is 10.9. The molecule has 0 heteroatoms. The molecule has 0 saturated heterocycles. The Balaban J connectivity index is 1.43. The third-order valence-electron chi connectivity index (χ3n) is 5.94. The Morgan fingerprint density at radius 2 is 0.853 bits per heavy atom. The van der Waals surface area contributed by atoms with Gasteiger partial charge in [0.1, 0.15) is 0 Å². The fraction of sp³-hybridized carbons (Fsp3) is 0.0588. The van der Waals surface area contributed by atoms with Crippen molar-refractivity contribution in [1.29, 1.82) is 0 Å². The fourth-order valence-corrected chi connectivity index (χ4v) is 3.85. The molecule has 0 N–H and O–H groups in total. The number of benzene rings is 4. The second-order valence-corrected chi connectivity index (χ2v) is 8.51. The molecule has 4 rings (SSSR count). The largest absolute Gasteiger partial charge is 0.0985 e. The van der Waals surface area contributed by atoms with Crippen LogP contribution < -0.4 is 0 Å². The molecule has 0 amide bonds. The number of rotatable bonds is 7. The maximum absolute atomic E-state index is 3.82. The number of allylic oxidation sites excluding steroid dienone is 2. The first-order valence-corrected chi connectivity index (χ1v) is 11.6. The highest BCUT2D eigenvalue weighted by molar-refractivity contribution is 5.83. The van der Waals surface area contributed by atoms with Crippen molar-refractivity contribution in [2.75, 3.05) is 0 Å². The molecule has 0 fully saturated rings. The Morgan fingerprint density at radius 1 is 0.471 bits per heavy atom. The molecular weight excluding hydrogens is 408 g/mol. The van der Waals surface area contributed by atoms with Gasteiger partial charge in [-0.2, -0.15) is 0 Å². The Morgan fingerprint density at radius 3 is 1.29 bits per heavy atom. The SMILES string of the molecule is C=Cc1ccc(C(C)=Cc2ccc(C=C(C)c3ccc(C=Cc4ccccc4)cc3)cc2)cc1. The summed E-state index contributed by atoms with van der Waals surface area (Å²) < 4.78 is 0. The molecule has 0 atom stereocenters. The minimum atomic E-state index is 1.14. The maximum atomic E-state index is 3.82. The topological polar surface area (TPSA) is 0 Å². The maximum Gasteiger partial charge on any atom is -0.0227 e. The molecule has 0 aromatic heterocycles. The molecule has 0 aliphatic heterocycles. The summed E-state index contributed by atoms with van der Waals surface area (Å²) in [5.74, 6) is 0. The van der Waals surface area contributed by atoms with Gasteiger partial charge in [0, 0.05) is 0 Å². The Hall–Kier alpha value is -4.16. The third-order valence-corrected chi connectivity index (χ3v) is 5.94. The number of hydrogen-bond acceptors (Lipinski definition) is 0. The van der Waals surface area contributed by atoms with Crippen molar-refractivity contribution >= 4 is 41.5 Å². The van der Waals surface area contributed by atoms with Gasteiger partial charge in [-0.3, -0.25) is 0 Å². The van der Waals surface area contributed by atoms with Gasteiger partial charge in [0.15, 0.2) is 0 Å². The highest BCUT2D eigenvalue weighted by atomic mass is 14.0. The molecule has 34 heavy (non-hydrogen) atoms. The van der Waals surface area contributed by atoms with Crippen LogP contribution in [0.4, 0.5) is 0 Å². The smallest absolute Gasteiger partial charge is 0.0227 e. The van der Waals surface area contributed by atoms with Gasteiger partial charge >= 0.3 is 0 Å². The number of hydrogen-bond donors (Lipinski definition) is 0. The zero-order valence-corrected chi connectivity index (χ0v) is 19.9. The van der Waals surface area contributed by atoms with E-state index in [1.54, 1.807) is 0 Å². The van der Waals surface area contributed by atoms with Crippen molar-refractivity contribution in [3.63, 3.8) is 0 Å². The molecule has 0 spiro atoms. The van der Waals surface area contributed by atoms with Crippen molar-refractivity contribution < 1.29 is 0 Å². The van der Waals surface area contributed by atoms with Crippen molar-refractivity contribution in [3.05, 3.63) is 149 Å². The molecule has 4 aromatic rings. The molecular formula is C34H30. The normalized spacial score (nSPS) is 12.2. The van der Waals surface area contributed by atoms with Crippen LogP contribution in [-0.4, -0.2) is 0 Å². The predicted molar refractivity (Wildman–Crippen MR) is 152 cm³/mol. The summed E-state index contributed by atoms with van der Waals surface area (Å²) in [6, 6.07) is 36.3. The monoisotopic (exact) mass is 438 g/mol. The van der Waals surface area contributed by atoms with E-state index in [0.29, 0.717) is 0 Å². The average molecular weight is 439 g/mol. The highest BCUT2D eigenvalue weighted by Crippen LogP contribution is 2.22. The summed E-state index contributed by atoms with van der Waals surface area (Å²) in [5, 5.41) is 0. The fourth-order valence-electron chi connectivity index (χ4n) is 3.85. The highest BCUT2D eigenvalue weighted by Gasteiger charge is 1.99. The minimum absolute atomic E-state index is 1.14.